The van der Waals surface area contributed by atoms with Gasteiger partial charge in [0, 0.05) is 17.4 Å². The summed E-state index contributed by atoms with van der Waals surface area (Å²) in [5, 5.41) is 5.07. The fraction of sp³-hybridized carbons (Fsp3) is 0.263. The number of thiophene rings is 1. The zero-order valence-electron chi connectivity index (χ0n) is 15.4. The molecule has 0 bridgehead atoms. The molecule has 1 aromatic heterocycles. The normalized spacial score (nSPS) is 10.1. The summed E-state index contributed by atoms with van der Waals surface area (Å²) in [5.41, 5.74) is 0.341. The molecule has 0 fully saturated rings. The van der Waals surface area contributed by atoms with Crippen LogP contribution in [0.25, 0.3) is 0 Å². The van der Waals surface area contributed by atoms with Gasteiger partial charge in [0.25, 0.3) is 5.91 Å². The second-order valence-electron chi connectivity index (χ2n) is 5.67. The van der Waals surface area contributed by atoms with Gasteiger partial charge in [-0.2, -0.15) is 0 Å². The molecule has 0 saturated carbocycles. The smallest absolute Gasteiger partial charge is 0.325 e. The number of carbonyl (C=O) groups excluding carboxylic acids is 4. The highest BCUT2D eigenvalue weighted by Gasteiger charge is 2.14. The first-order valence-corrected chi connectivity index (χ1v) is 9.15. The molecule has 0 aliphatic heterocycles. The molecule has 1 heterocycles. The molecule has 28 heavy (non-hydrogen) atoms. The third kappa shape index (κ3) is 6.51. The first-order chi connectivity index (χ1) is 13.4. The summed E-state index contributed by atoms with van der Waals surface area (Å²) in [5.74, 6) is -1.17. The Balaban J connectivity index is 1.76. The Morgan fingerprint density at radius 1 is 1.07 bits per heavy atom. The molecule has 1 aromatic carbocycles. The topological polar surface area (TPSA) is 111 Å². The highest BCUT2D eigenvalue weighted by atomic mass is 32.1. The first-order valence-electron chi connectivity index (χ1n) is 8.33. The molecule has 0 aliphatic carbocycles. The number of amides is 2. The van der Waals surface area contributed by atoms with Gasteiger partial charge in [0.1, 0.15) is 12.3 Å². The SMILES string of the molecule is COc1cccc(C(=O)NCC(=O)OCC(=O)c2ccc(CNC(C)=O)s2)c1. The molecule has 0 spiro atoms. The Morgan fingerprint density at radius 3 is 2.57 bits per heavy atom. The van der Waals surface area contributed by atoms with Crippen molar-refractivity contribution in [1.82, 2.24) is 10.6 Å². The summed E-state index contributed by atoms with van der Waals surface area (Å²) in [6.45, 7) is 0.963. The van der Waals surface area contributed by atoms with Crippen molar-refractivity contribution in [1.29, 1.82) is 0 Å². The third-order valence-electron chi connectivity index (χ3n) is 3.54. The molecule has 2 N–H and O–H groups in total. The molecule has 2 aromatic rings. The number of benzene rings is 1. The molecule has 8 nitrogen and oxygen atoms in total. The molecule has 0 atom stereocenters. The lowest BCUT2D eigenvalue weighted by atomic mass is 10.2. The second kappa shape index (κ2) is 10.2. The van der Waals surface area contributed by atoms with Crippen molar-refractivity contribution in [2.45, 2.75) is 13.5 Å². The van der Waals surface area contributed by atoms with Gasteiger partial charge in [-0.25, -0.2) is 0 Å². The van der Waals surface area contributed by atoms with Crippen molar-refractivity contribution in [3.63, 3.8) is 0 Å². The minimum atomic E-state index is -0.723. The summed E-state index contributed by atoms with van der Waals surface area (Å²) >= 11 is 1.22. The van der Waals surface area contributed by atoms with Gasteiger partial charge >= 0.3 is 5.97 Å². The van der Waals surface area contributed by atoms with Gasteiger partial charge in [-0.3, -0.25) is 19.2 Å². The number of Topliss-reactive ketones (excluding diaryl/α,β-unsaturated/α-hetero) is 1. The monoisotopic (exact) mass is 404 g/mol. The van der Waals surface area contributed by atoms with Crippen LogP contribution in [-0.4, -0.2) is 43.8 Å². The van der Waals surface area contributed by atoms with Crippen LogP contribution < -0.4 is 15.4 Å². The average Bonchev–Trinajstić information content (AvgIpc) is 3.17. The van der Waals surface area contributed by atoms with Crippen molar-refractivity contribution >= 4 is 34.9 Å². The van der Waals surface area contributed by atoms with Gasteiger partial charge in [-0.05, 0) is 30.3 Å². The van der Waals surface area contributed by atoms with Crippen molar-refractivity contribution in [2.75, 3.05) is 20.3 Å². The number of carbonyl (C=O) groups is 4. The summed E-state index contributed by atoms with van der Waals surface area (Å²) in [6.07, 6.45) is 0. The number of hydrogen-bond acceptors (Lipinski definition) is 7. The van der Waals surface area contributed by atoms with Crippen molar-refractivity contribution in [2.24, 2.45) is 0 Å². The minimum Gasteiger partial charge on any atom is -0.497 e. The lowest BCUT2D eigenvalue weighted by Gasteiger charge is -2.07. The van der Waals surface area contributed by atoms with Gasteiger partial charge in [0.2, 0.25) is 11.7 Å². The van der Waals surface area contributed by atoms with Gasteiger partial charge in [-0.15, -0.1) is 11.3 Å². The lowest BCUT2D eigenvalue weighted by molar-refractivity contribution is -0.141. The average molecular weight is 404 g/mol. The molecule has 0 saturated heterocycles. The third-order valence-corrected chi connectivity index (χ3v) is 4.66. The molecular weight excluding hydrogens is 384 g/mol. The molecule has 0 unspecified atom stereocenters. The Hall–Kier alpha value is -3.20. The van der Waals surface area contributed by atoms with Crippen LogP contribution >= 0.6 is 11.3 Å². The molecule has 0 radical (unpaired) electrons. The molecule has 2 rings (SSSR count). The maximum atomic E-state index is 12.1. The molecule has 9 heteroatoms. The fourth-order valence-electron chi connectivity index (χ4n) is 2.12. The molecule has 0 aliphatic rings. The molecular formula is C19H20N2O6S. The van der Waals surface area contributed by atoms with E-state index in [0.717, 1.165) is 4.88 Å². The van der Waals surface area contributed by atoms with E-state index >= 15 is 0 Å². The lowest BCUT2D eigenvalue weighted by Crippen LogP contribution is -2.31. The predicted octanol–water partition coefficient (Wildman–Crippen LogP) is 1.55. The largest absolute Gasteiger partial charge is 0.497 e. The molecule has 2 amide bonds. The number of nitrogens with one attached hydrogen (secondary N) is 2. The van der Waals surface area contributed by atoms with E-state index in [2.05, 4.69) is 10.6 Å². The van der Waals surface area contributed by atoms with Crippen LogP contribution in [0.4, 0.5) is 0 Å². The van der Waals surface area contributed by atoms with Gasteiger partial charge in [0.15, 0.2) is 6.61 Å². The van der Waals surface area contributed by atoms with E-state index < -0.39 is 18.5 Å². The van der Waals surface area contributed by atoms with Crippen LogP contribution in [0.15, 0.2) is 36.4 Å². The minimum absolute atomic E-state index is 0.161. The van der Waals surface area contributed by atoms with Crippen LogP contribution in [0.2, 0.25) is 0 Å². The maximum Gasteiger partial charge on any atom is 0.325 e. The fourth-order valence-corrected chi connectivity index (χ4v) is 2.99. The van der Waals surface area contributed by atoms with Crippen molar-refractivity contribution in [3.05, 3.63) is 51.7 Å². The van der Waals surface area contributed by atoms with E-state index in [-0.39, 0.29) is 18.2 Å². The maximum absolute atomic E-state index is 12.1. The first kappa shape index (κ1) is 21.1. The second-order valence-corrected chi connectivity index (χ2v) is 6.84. The number of rotatable bonds is 9. The number of ether oxygens (including phenoxy) is 2. The van der Waals surface area contributed by atoms with E-state index in [1.165, 1.54) is 25.4 Å². The quantitative estimate of drug-likeness (QED) is 0.485. The Morgan fingerprint density at radius 2 is 1.86 bits per heavy atom. The number of esters is 1. The number of ketones is 1. The Bertz CT molecular complexity index is 877. The number of methoxy groups -OCH3 is 1. The molecule has 148 valence electrons. The van der Waals surface area contributed by atoms with Crippen LogP contribution in [0.3, 0.4) is 0 Å². The van der Waals surface area contributed by atoms with Crippen molar-refractivity contribution in [3.8, 4) is 5.75 Å². The van der Waals surface area contributed by atoms with E-state index in [0.29, 0.717) is 22.7 Å². The van der Waals surface area contributed by atoms with Gasteiger partial charge in [0.05, 0.1) is 18.5 Å². The Labute approximate surface area is 165 Å². The van der Waals surface area contributed by atoms with E-state index in [4.69, 9.17) is 9.47 Å². The summed E-state index contributed by atoms with van der Waals surface area (Å²) < 4.78 is 9.94. The highest BCUT2D eigenvalue weighted by molar-refractivity contribution is 7.14. The van der Waals surface area contributed by atoms with E-state index in [1.807, 2.05) is 0 Å². The summed E-state index contributed by atoms with van der Waals surface area (Å²) in [7, 11) is 1.49. The van der Waals surface area contributed by atoms with Crippen LogP contribution in [0.1, 0.15) is 31.8 Å². The predicted molar refractivity (Wildman–Crippen MR) is 102 cm³/mol. The van der Waals surface area contributed by atoms with Crippen LogP contribution in [-0.2, 0) is 20.9 Å². The van der Waals surface area contributed by atoms with Gasteiger partial charge < -0.3 is 20.1 Å². The summed E-state index contributed by atoms with van der Waals surface area (Å²) in [6, 6.07) is 9.82. The van der Waals surface area contributed by atoms with Crippen molar-refractivity contribution < 1.29 is 28.7 Å². The van der Waals surface area contributed by atoms with E-state index in [1.54, 1.807) is 36.4 Å². The zero-order valence-corrected chi connectivity index (χ0v) is 16.3. The standard InChI is InChI=1S/C19H20N2O6S/c1-12(22)20-9-15-6-7-17(28-15)16(23)11-27-18(24)10-21-19(25)13-4-3-5-14(8-13)26-2/h3-8H,9-11H2,1-2H3,(H,20,22)(H,21,25). The highest BCUT2D eigenvalue weighted by Crippen LogP contribution is 2.17. The van der Waals surface area contributed by atoms with Crippen LogP contribution in [0, 0.1) is 0 Å². The Kier molecular flexibility index (Phi) is 7.70. The summed E-state index contributed by atoms with van der Waals surface area (Å²) in [4.78, 5) is 48.0. The zero-order chi connectivity index (χ0) is 20.5. The number of hydrogen-bond donors (Lipinski definition) is 2. The van der Waals surface area contributed by atoms with Crippen LogP contribution in [0.5, 0.6) is 5.75 Å². The van der Waals surface area contributed by atoms with Gasteiger partial charge in [-0.1, -0.05) is 6.07 Å². The van der Waals surface area contributed by atoms with E-state index in [9.17, 15) is 19.2 Å².